The van der Waals surface area contributed by atoms with Crippen LogP contribution in [0, 0.1) is 0 Å². The fraction of sp³-hybridized carbons (Fsp3) is 0.583. The first-order chi connectivity index (χ1) is 8.98. The molecule has 2 N–H and O–H groups in total. The van der Waals surface area contributed by atoms with Crippen LogP contribution in [0.25, 0.3) is 0 Å². The predicted octanol–water partition coefficient (Wildman–Crippen LogP) is 0.673. The molecular formula is C12H17N3O3S. The third kappa shape index (κ3) is 2.60. The van der Waals surface area contributed by atoms with Crippen LogP contribution in [0.5, 0.6) is 0 Å². The Hall–Kier alpha value is -1.50. The smallest absolute Gasteiger partial charge is 0.330 e. The van der Waals surface area contributed by atoms with E-state index >= 15 is 0 Å². The SMILES string of the molecule is CCc1nn(C)cc1C(=O)NC1(C(=O)O)CCSC1. The van der Waals surface area contributed by atoms with Crippen molar-refractivity contribution in [2.75, 3.05) is 11.5 Å². The number of thioether (sulfide) groups is 1. The summed E-state index contributed by atoms with van der Waals surface area (Å²) < 4.78 is 1.57. The zero-order chi connectivity index (χ0) is 14.0. The monoisotopic (exact) mass is 283 g/mol. The van der Waals surface area contributed by atoms with Crippen molar-refractivity contribution in [3.05, 3.63) is 17.5 Å². The van der Waals surface area contributed by atoms with E-state index in [1.807, 2.05) is 6.92 Å². The minimum atomic E-state index is -1.14. The van der Waals surface area contributed by atoms with Crippen LogP contribution in [0.15, 0.2) is 6.20 Å². The van der Waals surface area contributed by atoms with Crippen molar-refractivity contribution in [2.24, 2.45) is 7.05 Å². The quantitative estimate of drug-likeness (QED) is 0.848. The highest BCUT2D eigenvalue weighted by molar-refractivity contribution is 7.99. The van der Waals surface area contributed by atoms with Crippen molar-refractivity contribution in [1.82, 2.24) is 15.1 Å². The molecule has 2 heterocycles. The summed E-state index contributed by atoms with van der Waals surface area (Å²) in [4.78, 5) is 23.7. The number of aryl methyl sites for hydroxylation is 2. The summed E-state index contributed by atoms with van der Waals surface area (Å²) in [5.74, 6) is -0.154. The van der Waals surface area contributed by atoms with Crippen LogP contribution in [-0.4, -0.2) is 43.8 Å². The number of carboxylic acids is 1. The highest BCUT2D eigenvalue weighted by Crippen LogP contribution is 2.28. The van der Waals surface area contributed by atoms with Crippen molar-refractivity contribution >= 4 is 23.6 Å². The van der Waals surface area contributed by atoms with Gasteiger partial charge >= 0.3 is 5.97 Å². The van der Waals surface area contributed by atoms with Crippen molar-refractivity contribution in [2.45, 2.75) is 25.3 Å². The van der Waals surface area contributed by atoms with Gasteiger partial charge in [0.05, 0.1) is 11.3 Å². The summed E-state index contributed by atoms with van der Waals surface area (Å²) in [5, 5.41) is 16.2. The van der Waals surface area contributed by atoms with Crippen molar-refractivity contribution in [1.29, 1.82) is 0 Å². The molecule has 1 amide bonds. The summed E-state index contributed by atoms with van der Waals surface area (Å²) in [6.07, 6.45) is 2.73. The largest absolute Gasteiger partial charge is 0.479 e. The number of nitrogens with one attached hydrogen (secondary N) is 1. The normalized spacial score (nSPS) is 22.4. The van der Waals surface area contributed by atoms with Crippen LogP contribution in [0.4, 0.5) is 0 Å². The number of hydrogen-bond donors (Lipinski definition) is 2. The lowest BCUT2D eigenvalue weighted by Gasteiger charge is -2.24. The standard InChI is InChI=1S/C12H17N3O3S/c1-3-9-8(6-15(2)14-9)10(16)13-12(11(17)18)4-5-19-7-12/h6H,3-5,7H2,1-2H3,(H,13,16)(H,17,18). The van der Waals surface area contributed by atoms with E-state index in [2.05, 4.69) is 10.4 Å². The Balaban J connectivity index is 2.22. The fourth-order valence-corrected chi connectivity index (χ4v) is 3.48. The number of hydrogen-bond acceptors (Lipinski definition) is 4. The molecule has 0 radical (unpaired) electrons. The molecule has 0 saturated carbocycles. The van der Waals surface area contributed by atoms with Gasteiger partial charge in [-0.2, -0.15) is 16.9 Å². The minimum absolute atomic E-state index is 0.352. The average Bonchev–Trinajstić information content (AvgIpc) is 2.96. The molecule has 6 nitrogen and oxygen atoms in total. The minimum Gasteiger partial charge on any atom is -0.479 e. The van der Waals surface area contributed by atoms with E-state index < -0.39 is 11.5 Å². The number of carbonyl (C=O) groups excluding carboxylic acids is 1. The van der Waals surface area contributed by atoms with Gasteiger partial charge in [-0.1, -0.05) is 6.92 Å². The predicted molar refractivity (Wildman–Crippen MR) is 72.4 cm³/mol. The number of carboxylic acid groups (broad SMARTS) is 1. The molecule has 1 atom stereocenters. The number of rotatable bonds is 4. The van der Waals surface area contributed by atoms with Crippen LogP contribution in [-0.2, 0) is 18.3 Å². The number of aliphatic carboxylic acids is 1. The van der Waals surface area contributed by atoms with Gasteiger partial charge in [0.1, 0.15) is 5.54 Å². The van der Waals surface area contributed by atoms with Crippen LogP contribution < -0.4 is 5.32 Å². The van der Waals surface area contributed by atoms with Gasteiger partial charge in [-0.05, 0) is 18.6 Å². The molecule has 0 bridgehead atoms. The maximum Gasteiger partial charge on any atom is 0.330 e. The van der Waals surface area contributed by atoms with Gasteiger partial charge in [0.2, 0.25) is 0 Å². The summed E-state index contributed by atoms with van der Waals surface area (Å²) in [7, 11) is 1.74. The Labute approximate surface area is 115 Å². The van der Waals surface area contributed by atoms with Gasteiger partial charge in [0.25, 0.3) is 5.91 Å². The molecule has 19 heavy (non-hydrogen) atoms. The second kappa shape index (κ2) is 5.24. The number of nitrogens with zero attached hydrogens (tertiary/aromatic N) is 2. The third-order valence-corrected chi connectivity index (χ3v) is 4.46. The Bertz CT molecular complexity index is 506. The number of aromatic nitrogens is 2. The molecule has 1 aromatic heterocycles. The van der Waals surface area contributed by atoms with Crippen LogP contribution >= 0.6 is 11.8 Å². The van der Waals surface area contributed by atoms with Crippen molar-refractivity contribution in [3.8, 4) is 0 Å². The molecule has 7 heteroatoms. The van der Waals surface area contributed by atoms with E-state index in [4.69, 9.17) is 0 Å². The molecular weight excluding hydrogens is 266 g/mol. The highest BCUT2D eigenvalue weighted by Gasteiger charge is 2.43. The van der Waals surface area contributed by atoms with Gasteiger partial charge in [-0.15, -0.1) is 0 Å². The molecule has 1 fully saturated rings. The first-order valence-electron chi connectivity index (χ1n) is 6.14. The Morgan fingerprint density at radius 3 is 2.89 bits per heavy atom. The molecule has 1 aliphatic heterocycles. The van der Waals surface area contributed by atoms with E-state index in [0.717, 1.165) is 5.75 Å². The molecule has 1 aromatic rings. The second-order valence-electron chi connectivity index (χ2n) is 4.66. The van der Waals surface area contributed by atoms with Crippen LogP contribution in [0.3, 0.4) is 0 Å². The van der Waals surface area contributed by atoms with Gasteiger partial charge < -0.3 is 10.4 Å². The molecule has 0 aliphatic carbocycles. The molecule has 1 aliphatic rings. The Morgan fingerprint density at radius 1 is 1.63 bits per heavy atom. The lowest BCUT2D eigenvalue weighted by Crippen LogP contribution is -2.54. The first kappa shape index (κ1) is 13.9. The van der Waals surface area contributed by atoms with Crippen molar-refractivity contribution in [3.63, 3.8) is 0 Å². The van der Waals surface area contributed by atoms with Gasteiger partial charge in [-0.3, -0.25) is 9.48 Å². The van der Waals surface area contributed by atoms with Gasteiger partial charge in [0.15, 0.2) is 0 Å². The Morgan fingerprint density at radius 2 is 2.37 bits per heavy atom. The maximum atomic E-state index is 12.3. The molecule has 1 unspecified atom stereocenters. The molecule has 2 rings (SSSR count). The summed E-state index contributed by atoms with van der Waals surface area (Å²) in [5.41, 5.74) is 0.0107. The lowest BCUT2D eigenvalue weighted by molar-refractivity contribution is -0.143. The lowest BCUT2D eigenvalue weighted by atomic mass is 9.98. The third-order valence-electron chi connectivity index (χ3n) is 3.27. The molecule has 104 valence electrons. The maximum absolute atomic E-state index is 12.3. The van der Waals surface area contributed by atoms with Crippen LogP contribution in [0.2, 0.25) is 0 Å². The number of carbonyl (C=O) groups is 2. The summed E-state index contributed by atoms with van der Waals surface area (Å²) in [6.45, 7) is 1.91. The fourth-order valence-electron chi connectivity index (χ4n) is 2.16. The van der Waals surface area contributed by atoms with Gasteiger partial charge in [-0.25, -0.2) is 4.79 Å². The zero-order valence-corrected chi connectivity index (χ0v) is 11.8. The highest BCUT2D eigenvalue weighted by atomic mass is 32.2. The van der Waals surface area contributed by atoms with E-state index in [9.17, 15) is 14.7 Å². The second-order valence-corrected chi connectivity index (χ2v) is 5.77. The molecule has 1 saturated heterocycles. The molecule has 0 aromatic carbocycles. The zero-order valence-electron chi connectivity index (χ0n) is 11.0. The average molecular weight is 283 g/mol. The van der Waals surface area contributed by atoms with Crippen LogP contribution in [0.1, 0.15) is 29.4 Å². The first-order valence-corrected chi connectivity index (χ1v) is 7.30. The topological polar surface area (TPSA) is 84.2 Å². The van der Waals surface area contributed by atoms with E-state index in [0.29, 0.717) is 29.9 Å². The van der Waals surface area contributed by atoms with Gasteiger partial charge in [0, 0.05) is 19.0 Å². The van der Waals surface area contributed by atoms with E-state index in [-0.39, 0.29) is 5.91 Å². The Kier molecular flexibility index (Phi) is 3.84. The summed E-state index contributed by atoms with van der Waals surface area (Å²) in [6, 6.07) is 0. The van der Waals surface area contributed by atoms with Crippen molar-refractivity contribution < 1.29 is 14.7 Å². The van der Waals surface area contributed by atoms with E-state index in [1.54, 1.807) is 29.7 Å². The number of amides is 1. The van der Waals surface area contributed by atoms with E-state index in [1.165, 1.54) is 0 Å². The molecule has 0 spiro atoms. The summed E-state index contributed by atoms with van der Waals surface area (Å²) >= 11 is 1.55.